The minimum Gasteiger partial charge on any atom is -0.332 e. The zero-order valence-corrected chi connectivity index (χ0v) is 9.90. The Morgan fingerprint density at radius 3 is 2.59 bits per heavy atom. The van der Waals surface area contributed by atoms with E-state index in [0.717, 1.165) is 0 Å². The van der Waals surface area contributed by atoms with Gasteiger partial charge in [-0.3, -0.25) is 4.72 Å². The van der Waals surface area contributed by atoms with Gasteiger partial charge in [0.05, 0.1) is 24.3 Å². The van der Waals surface area contributed by atoms with Crippen molar-refractivity contribution in [3.63, 3.8) is 0 Å². The predicted molar refractivity (Wildman–Crippen MR) is 60.8 cm³/mol. The van der Waals surface area contributed by atoms with Crippen LogP contribution in [-0.4, -0.2) is 28.4 Å². The summed E-state index contributed by atoms with van der Waals surface area (Å²) in [6, 6.07) is 0. The normalized spacial score (nSPS) is 11.4. The zero-order chi connectivity index (χ0) is 12.3. The van der Waals surface area contributed by atoms with E-state index in [2.05, 4.69) is 24.7 Å². The van der Waals surface area contributed by atoms with Crippen LogP contribution in [0.25, 0.3) is 0 Å². The molecule has 2 N–H and O–H groups in total. The number of aryl methyl sites for hydroxylation is 1. The third kappa shape index (κ3) is 2.59. The highest BCUT2D eigenvalue weighted by molar-refractivity contribution is 7.92. The van der Waals surface area contributed by atoms with Gasteiger partial charge in [0.25, 0.3) is 10.0 Å². The number of sulfonamides is 1. The van der Waals surface area contributed by atoms with Crippen molar-refractivity contribution in [1.29, 1.82) is 0 Å². The number of anilines is 1. The summed E-state index contributed by atoms with van der Waals surface area (Å²) < 4.78 is 26.1. The second kappa shape index (κ2) is 4.50. The lowest BCUT2D eigenvalue weighted by Gasteiger charge is -2.04. The third-order valence-corrected chi connectivity index (χ3v) is 3.33. The monoisotopic (exact) mass is 253 g/mol. The Balaban J connectivity index is 2.25. The summed E-state index contributed by atoms with van der Waals surface area (Å²) >= 11 is 0. The molecule has 0 unspecified atom stereocenters. The summed E-state index contributed by atoms with van der Waals surface area (Å²) in [5, 5.41) is 0.0261. The molecule has 2 rings (SSSR count). The fourth-order valence-corrected chi connectivity index (χ4v) is 2.19. The number of nitrogens with zero attached hydrogens (tertiary/aromatic N) is 3. The molecule has 0 saturated heterocycles. The Hall–Kier alpha value is -1.96. The highest BCUT2D eigenvalue weighted by atomic mass is 32.2. The molecule has 7 nitrogen and oxygen atoms in total. The number of hydrogen-bond donors (Lipinski definition) is 2. The third-order valence-electron chi connectivity index (χ3n) is 2.04. The fraction of sp³-hybridized carbons (Fsp3) is 0.222. The lowest BCUT2D eigenvalue weighted by atomic mass is 10.5. The lowest BCUT2D eigenvalue weighted by Crippen LogP contribution is -2.13. The molecule has 0 radical (unpaired) electrons. The number of aromatic amines is 1. The van der Waals surface area contributed by atoms with Gasteiger partial charge in [0.15, 0.2) is 5.03 Å². The van der Waals surface area contributed by atoms with E-state index in [0.29, 0.717) is 17.9 Å². The first kappa shape index (κ1) is 11.5. The Bertz CT molecular complexity index is 593. The van der Waals surface area contributed by atoms with Crippen molar-refractivity contribution in [3.05, 3.63) is 30.7 Å². The summed E-state index contributed by atoms with van der Waals surface area (Å²) in [5.74, 6) is 0.620. The minimum atomic E-state index is -3.65. The van der Waals surface area contributed by atoms with Crippen molar-refractivity contribution in [2.24, 2.45) is 0 Å². The van der Waals surface area contributed by atoms with Crippen LogP contribution in [0.3, 0.4) is 0 Å². The van der Waals surface area contributed by atoms with Crippen LogP contribution in [0.2, 0.25) is 0 Å². The van der Waals surface area contributed by atoms with Gasteiger partial charge in [-0.05, 0) is 0 Å². The molecule has 0 aliphatic rings. The average Bonchev–Trinajstić information content (AvgIpc) is 2.79. The van der Waals surface area contributed by atoms with Crippen LogP contribution >= 0.6 is 0 Å². The van der Waals surface area contributed by atoms with E-state index in [4.69, 9.17) is 0 Å². The fourth-order valence-electron chi connectivity index (χ4n) is 1.22. The number of rotatable bonds is 4. The molecule has 0 amide bonds. The topological polar surface area (TPSA) is 101 Å². The molecule has 0 saturated carbocycles. The van der Waals surface area contributed by atoms with Crippen LogP contribution in [-0.2, 0) is 16.4 Å². The van der Waals surface area contributed by atoms with E-state index >= 15 is 0 Å². The lowest BCUT2D eigenvalue weighted by molar-refractivity contribution is 0.598. The summed E-state index contributed by atoms with van der Waals surface area (Å²) in [7, 11) is -3.65. The maximum absolute atomic E-state index is 11.9. The van der Waals surface area contributed by atoms with Gasteiger partial charge in [0.1, 0.15) is 12.2 Å². The van der Waals surface area contributed by atoms with Crippen LogP contribution in [0, 0.1) is 0 Å². The first-order valence-electron chi connectivity index (χ1n) is 4.93. The first-order valence-corrected chi connectivity index (χ1v) is 6.42. The van der Waals surface area contributed by atoms with Crippen LogP contribution in [0.15, 0.2) is 29.9 Å². The van der Waals surface area contributed by atoms with E-state index in [9.17, 15) is 8.42 Å². The number of aromatic nitrogens is 4. The van der Waals surface area contributed by atoms with Crippen molar-refractivity contribution >= 4 is 15.7 Å². The molecule has 0 aromatic carbocycles. The standard InChI is InChI=1S/C9H11N5O2S/c1-2-8-12-5-9(13-8)17(15,16)14-7-3-10-6-11-4-7/h3-6,14H,2H2,1H3,(H,12,13). The minimum absolute atomic E-state index is 0.0261. The van der Waals surface area contributed by atoms with E-state index in [1.165, 1.54) is 24.9 Å². The Morgan fingerprint density at radius 1 is 1.29 bits per heavy atom. The molecule has 0 atom stereocenters. The van der Waals surface area contributed by atoms with Crippen LogP contribution in [0.5, 0.6) is 0 Å². The van der Waals surface area contributed by atoms with Crippen molar-refractivity contribution in [3.8, 4) is 0 Å². The van der Waals surface area contributed by atoms with Crippen molar-refractivity contribution in [1.82, 2.24) is 19.9 Å². The van der Waals surface area contributed by atoms with Crippen LogP contribution in [0.4, 0.5) is 5.69 Å². The number of imidazole rings is 1. The number of nitrogens with one attached hydrogen (secondary N) is 2. The van der Waals surface area contributed by atoms with Gasteiger partial charge >= 0.3 is 0 Å². The smallest absolute Gasteiger partial charge is 0.279 e. The molecular weight excluding hydrogens is 242 g/mol. The van der Waals surface area contributed by atoms with Gasteiger partial charge in [-0.1, -0.05) is 6.92 Å². The van der Waals surface area contributed by atoms with Gasteiger partial charge < -0.3 is 4.98 Å². The molecule has 8 heteroatoms. The molecule has 0 fully saturated rings. The molecule has 0 aliphatic carbocycles. The Kier molecular flexibility index (Phi) is 3.05. The zero-order valence-electron chi connectivity index (χ0n) is 9.08. The molecule has 0 aliphatic heterocycles. The molecule has 0 spiro atoms. The van der Waals surface area contributed by atoms with Gasteiger partial charge in [0.2, 0.25) is 0 Å². The quantitative estimate of drug-likeness (QED) is 0.829. The molecular formula is C9H11N5O2S. The number of hydrogen-bond acceptors (Lipinski definition) is 5. The molecule has 2 aromatic rings. The Labute approximate surface area is 98.4 Å². The van der Waals surface area contributed by atoms with Crippen LogP contribution in [0.1, 0.15) is 12.7 Å². The summed E-state index contributed by atoms with van der Waals surface area (Å²) in [4.78, 5) is 14.1. The largest absolute Gasteiger partial charge is 0.332 e. The second-order valence-electron chi connectivity index (χ2n) is 3.28. The average molecular weight is 253 g/mol. The molecule has 90 valence electrons. The molecule has 0 bridgehead atoms. The summed E-state index contributed by atoms with van der Waals surface area (Å²) in [6.45, 7) is 1.88. The van der Waals surface area contributed by atoms with E-state index in [1.807, 2.05) is 6.92 Å². The maximum atomic E-state index is 11.9. The molecule has 17 heavy (non-hydrogen) atoms. The van der Waals surface area contributed by atoms with Gasteiger partial charge in [-0.2, -0.15) is 8.42 Å². The van der Waals surface area contributed by atoms with Gasteiger partial charge in [0, 0.05) is 6.42 Å². The van der Waals surface area contributed by atoms with E-state index < -0.39 is 10.0 Å². The van der Waals surface area contributed by atoms with Crippen molar-refractivity contribution < 1.29 is 8.42 Å². The predicted octanol–water partition coefficient (Wildman–Crippen LogP) is 0.563. The van der Waals surface area contributed by atoms with Crippen molar-refractivity contribution in [2.45, 2.75) is 18.4 Å². The summed E-state index contributed by atoms with van der Waals surface area (Å²) in [5.41, 5.74) is 0.306. The van der Waals surface area contributed by atoms with Gasteiger partial charge in [-0.15, -0.1) is 0 Å². The first-order chi connectivity index (χ1) is 8.12. The second-order valence-corrected chi connectivity index (χ2v) is 4.93. The van der Waals surface area contributed by atoms with Crippen LogP contribution < -0.4 is 4.72 Å². The molecule has 2 heterocycles. The highest BCUT2D eigenvalue weighted by Crippen LogP contribution is 2.12. The highest BCUT2D eigenvalue weighted by Gasteiger charge is 2.17. The number of H-pyrrole nitrogens is 1. The SMILES string of the molecule is CCc1ncc(S(=O)(=O)Nc2cncnc2)[nH]1. The summed E-state index contributed by atoms with van der Waals surface area (Å²) in [6.07, 6.45) is 6.00. The van der Waals surface area contributed by atoms with Crippen molar-refractivity contribution in [2.75, 3.05) is 4.72 Å². The van der Waals surface area contributed by atoms with E-state index in [-0.39, 0.29) is 5.03 Å². The Morgan fingerprint density at radius 2 is 2.00 bits per heavy atom. The van der Waals surface area contributed by atoms with Gasteiger partial charge in [-0.25, -0.2) is 15.0 Å². The van der Waals surface area contributed by atoms with E-state index in [1.54, 1.807) is 0 Å². The molecule has 2 aromatic heterocycles. The maximum Gasteiger partial charge on any atom is 0.279 e.